The molecule has 1 aromatic carbocycles. The van der Waals surface area contributed by atoms with Crippen LogP contribution < -0.4 is 0 Å². The number of carbonyl (C=O) groups is 1. The number of hydrogen-bond donors (Lipinski definition) is 1. The fraction of sp³-hybridized carbons (Fsp3) is 0.364. The summed E-state index contributed by atoms with van der Waals surface area (Å²) in [5.74, 6) is 0. The molecule has 0 radical (unpaired) electrons. The molecule has 13 heavy (non-hydrogen) atoms. The van der Waals surface area contributed by atoms with Gasteiger partial charge in [0, 0.05) is 6.92 Å². The smallest absolute Gasteiger partial charge is 0.182 e. The zero-order chi connectivity index (χ0) is 10.3. The maximum atomic E-state index is 9.31. The Bertz CT molecular complexity index is 265. The first-order valence-electron chi connectivity index (χ1n) is 4.32. The Labute approximate surface area is 85.6 Å². The second-order valence-electron chi connectivity index (χ2n) is 2.80. The molecule has 1 nitrogen and oxygen atoms in total. The van der Waals surface area contributed by atoms with Crippen molar-refractivity contribution in [3.8, 4) is 0 Å². The Balaban J connectivity index is 0.000000310. The summed E-state index contributed by atoms with van der Waals surface area (Å²) >= 11 is 3.33. The van der Waals surface area contributed by atoms with E-state index in [-0.39, 0.29) is 5.12 Å². The molecule has 0 amide bonds. The van der Waals surface area contributed by atoms with Crippen molar-refractivity contribution in [3.05, 3.63) is 35.4 Å². The van der Waals surface area contributed by atoms with Crippen molar-refractivity contribution in [1.29, 1.82) is 0 Å². The minimum absolute atomic E-state index is 0.139. The third-order valence-electron chi connectivity index (χ3n) is 1.64. The Hall–Kier alpha value is -0.760. The molecule has 0 aliphatic rings. The summed E-state index contributed by atoms with van der Waals surface area (Å²) < 4.78 is 0. The molecule has 72 valence electrons. The van der Waals surface area contributed by atoms with E-state index in [1.54, 1.807) is 0 Å². The maximum Gasteiger partial charge on any atom is 0.182 e. The van der Waals surface area contributed by atoms with Crippen LogP contribution in [-0.4, -0.2) is 5.12 Å². The van der Waals surface area contributed by atoms with Gasteiger partial charge in [-0.25, -0.2) is 0 Å². The van der Waals surface area contributed by atoms with Crippen LogP contribution in [0.4, 0.5) is 0 Å². The molecular formula is C11H16OS. The Morgan fingerprint density at radius 2 is 1.85 bits per heavy atom. The van der Waals surface area contributed by atoms with E-state index in [9.17, 15) is 4.79 Å². The van der Waals surface area contributed by atoms with Gasteiger partial charge in [0.1, 0.15) is 0 Å². The van der Waals surface area contributed by atoms with E-state index in [0.717, 1.165) is 6.42 Å². The predicted octanol–water partition coefficient (Wildman–Crippen LogP) is 3.02. The molecule has 0 bridgehead atoms. The number of carbonyl (C=O) groups excluding carboxylic acids is 1. The van der Waals surface area contributed by atoms with Crippen molar-refractivity contribution in [2.75, 3.05) is 0 Å². The van der Waals surface area contributed by atoms with Gasteiger partial charge in [-0.3, -0.25) is 4.79 Å². The van der Waals surface area contributed by atoms with E-state index in [1.807, 2.05) is 0 Å². The second-order valence-corrected chi connectivity index (χ2v) is 3.43. The molecule has 0 spiro atoms. The molecule has 0 fully saturated rings. The quantitative estimate of drug-likeness (QED) is 0.683. The highest BCUT2D eigenvalue weighted by atomic mass is 32.1. The van der Waals surface area contributed by atoms with Crippen LogP contribution in [0, 0.1) is 6.92 Å². The largest absolute Gasteiger partial charge is 0.288 e. The van der Waals surface area contributed by atoms with Crippen LogP contribution in [0.3, 0.4) is 0 Å². The monoisotopic (exact) mass is 196 g/mol. The SMILES string of the molecule is CC(=O)S.CCc1ccccc1C. The Kier molecular flexibility index (Phi) is 6.33. The summed E-state index contributed by atoms with van der Waals surface area (Å²) in [5, 5.41) is -0.139. The lowest BCUT2D eigenvalue weighted by molar-refractivity contribution is -0.108. The topological polar surface area (TPSA) is 17.1 Å². The first-order chi connectivity index (χ1) is 6.07. The molecule has 0 aromatic heterocycles. The molecule has 0 aliphatic heterocycles. The van der Waals surface area contributed by atoms with Gasteiger partial charge in [-0.15, -0.1) is 12.6 Å². The fourth-order valence-electron chi connectivity index (χ4n) is 1.01. The highest BCUT2D eigenvalue weighted by Gasteiger charge is 1.89. The highest BCUT2D eigenvalue weighted by Crippen LogP contribution is 2.06. The highest BCUT2D eigenvalue weighted by molar-refractivity contribution is 7.96. The molecule has 2 heteroatoms. The van der Waals surface area contributed by atoms with Crippen molar-refractivity contribution in [2.24, 2.45) is 0 Å². The van der Waals surface area contributed by atoms with Gasteiger partial charge in [-0.2, -0.15) is 0 Å². The van der Waals surface area contributed by atoms with Gasteiger partial charge in [0.05, 0.1) is 0 Å². The first-order valence-corrected chi connectivity index (χ1v) is 4.76. The van der Waals surface area contributed by atoms with Crippen LogP contribution in [0.1, 0.15) is 25.0 Å². The molecule has 0 aliphatic carbocycles. The number of hydrogen-bond acceptors (Lipinski definition) is 1. The van der Waals surface area contributed by atoms with Crippen LogP contribution in [0.2, 0.25) is 0 Å². The number of benzene rings is 1. The lowest BCUT2D eigenvalue weighted by Crippen LogP contribution is -1.82. The van der Waals surface area contributed by atoms with Gasteiger partial charge in [-0.1, -0.05) is 31.2 Å². The Morgan fingerprint density at radius 3 is 2.15 bits per heavy atom. The summed E-state index contributed by atoms with van der Waals surface area (Å²) in [7, 11) is 0. The zero-order valence-electron chi connectivity index (χ0n) is 8.37. The van der Waals surface area contributed by atoms with Gasteiger partial charge in [0.15, 0.2) is 5.12 Å². The lowest BCUT2D eigenvalue weighted by atomic mass is 10.1. The predicted molar refractivity (Wildman–Crippen MR) is 60.2 cm³/mol. The van der Waals surface area contributed by atoms with Crippen LogP contribution in [0.25, 0.3) is 0 Å². The zero-order valence-corrected chi connectivity index (χ0v) is 9.27. The summed E-state index contributed by atoms with van der Waals surface area (Å²) in [6.45, 7) is 5.73. The Morgan fingerprint density at radius 1 is 1.38 bits per heavy atom. The summed E-state index contributed by atoms with van der Waals surface area (Å²) in [4.78, 5) is 9.31. The van der Waals surface area contributed by atoms with Gasteiger partial charge in [-0.05, 0) is 24.5 Å². The summed E-state index contributed by atoms with van der Waals surface area (Å²) in [6.07, 6.45) is 1.15. The lowest BCUT2D eigenvalue weighted by Gasteiger charge is -1.98. The van der Waals surface area contributed by atoms with Gasteiger partial charge < -0.3 is 0 Å². The van der Waals surface area contributed by atoms with Crippen molar-refractivity contribution >= 4 is 17.7 Å². The standard InChI is InChI=1S/C9H12.C2H4OS/c1-3-9-7-5-4-6-8(9)2;1-2(3)4/h4-7H,3H2,1-2H3;1H3,(H,3,4). The van der Waals surface area contributed by atoms with Crippen LogP contribution in [0.15, 0.2) is 24.3 Å². The van der Waals surface area contributed by atoms with Crippen molar-refractivity contribution < 1.29 is 4.79 Å². The number of aryl methyl sites for hydroxylation is 2. The van der Waals surface area contributed by atoms with Crippen LogP contribution in [0.5, 0.6) is 0 Å². The molecule has 0 heterocycles. The van der Waals surface area contributed by atoms with E-state index >= 15 is 0 Å². The average Bonchev–Trinajstić information content (AvgIpc) is 2.04. The molecule has 0 atom stereocenters. The minimum Gasteiger partial charge on any atom is -0.288 e. The van der Waals surface area contributed by atoms with Gasteiger partial charge >= 0.3 is 0 Å². The summed E-state index contributed by atoms with van der Waals surface area (Å²) in [5.41, 5.74) is 2.86. The fourth-order valence-corrected chi connectivity index (χ4v) is 1.01. The minimum atomic E-state index is -0.139. The second kappa shape index (κ2) is 6.72. The van der Waals surface area contributed by atoms with E-state index < -0.39 is 0 Å². The number of rotatable bonds is 1. The van der Waals surface area contributed by atoms with Crippen molar-refractivity contribution in [3.63, 3.8) is 0 Å². The van der Waals surface area contributed by atoms with Crippen LogP contribution >= 0.6 is 12.6 Å². The molecule has 0 saturated heterocycles. The maximum absolute atomic E-state index is 9.31. The molecule has 1 aromatic rings. The van der Waals surface area contributed by atoms with E-state index in [0.29, 0.717) is 0 Å². The van der Waals surface area contributed by atoms with Crippen LogP contribution in [-0.2, 0) is 11.2 Å². The molecule has 0 saturated carbocycles. The third-order valence-corrected chi connectivity index (χ3v) is 1.64. The first kappa shape index (κ1) is 12.2. The average molecular weight is 196 g/mol. The van der Waals surface area contributed by atoms with E-state index in [2.05, 4.69) is 50.7 Å². The molecule has 1 rings (SSSR count). The summed E-state index contributed by atoms with van der Waals surface area (Å²) in [6, 6.07) is 8.49. The van der Waals surface area contributed by atoms with E-state index in [1.165, 1.54) is 18.1 Å². The third kappa shape index (κ3) is 6.41. The molecular weight excluding hydrogens is 180 g/mol. The van der Waals surface area contributed by atoms with Crippen molar-refractivity contribution in [2.45, 2.75) is 27.2 Å². The van der Waals surface area contributed by atoms with Crippen molar-refractivity contribution in [1.82, 2.24) is 0 Å². The van der Waals surface area contributed by atoms with Gasteiger partial charge in [0.25, 0.3) is 0 Å². The molecule has 0 N–H and O–H groups in total. The van der Waals surface area contributed by atoms with Gasteiger partial charge in [0.2, 0.25) is 0 Å². The number of thiol groups is 1. The normalized spacial score (nSPS) is 8.62. The van der Waals surface area contributed by atoms with E-state index in [4.69, 9.17) is 0 Å². The molecule has 0 unspecified atom stereocenters.